The molecular weight excluding hydrogens is 240 g/mol. The van der Waals surface area contributed by atoms with Crippen LogP contribution in [0.1, 0.15) is 10.5 Å². The van der Waals surface area contributed by atoms with Crippen molar-refractivity contribution in [2.75, 3.05) is 19.0 Å². The van der Waals surface area contributed by atoms with Crippen LogP contribution >= 0.6 is 0 Å². The largest absolute Gasteiger partial charge is 0.494 e. The third kappa shape index (κ3) is 3.21. The van der Waals surface area contributed by atoms with Gasteiger partial charge in [0.25, 0.3) is 0 Å². The summed E-state index contributed by atoms with van der Waals surface area (Å²) in [5.74, 6) is -1.11. The second kappa shape index (κ2) is 6.24. The molecule has 1 rings (SSSR count). The van der Waals surface area contributed by atoms with Crippen molar-refractivity contribution < 1.29 is 24.2 Å². The van der Waals surface area contributed by atoms with E-state index < -0.39 is 12.1 Å². The Morgan fingerprint density at radius 1 is 1.61 bits per heavy atom. The monoisotopic (exact) mass is 252 g/mol. The molecule has 0 aromatic carbocycles. The molecule has 96 valence electrons. The first-order chi connectivity index (χ1) is 8.60. The fourth-order valence-electron chi connectivity index (χ4n) is 1.17. The lowest BCUT2D eigenvalue weighted by Gasteiger charge is -2.11. The smallest absolute Gasteiger partial charge is 0.412 e. The lowest BCUT2D eigenvalue weighted by molar-refractivity contribution is 0.0691. The average Bonchev–Trinajstić information content (AvgIpc) is 2.36. The molecule has 0 atom stereocenters. The number of carboxylic acid groups (broad SMARTS) is 1. The van der Waals surface area contributed by atoms with E-state index in [0.717, 1.165) is 0 Å². The van der Waals surface area contributed by atoms with Gasteiger partial charge in [-0.25, -0.2) is 14.6 Å². The predicted octanol–water partition coefficient (Wildman–Crippen LogP) is 1.52. The van der Waals surface area contributed by atoms with Gasteiger partial charge < -0.3 is 14.6 Å². The first-order valence-electron chi connectivity index (χ1n) is 4.91. The van der Waals surface area contributed by atoms with Crippen LogP contribution in [-0.4, -0.2) is 35.9 Å². The van der Waals surface area contributed by atoms with E-state index in [1.54, 1.807) is 0 Å². The van der Waals surface area contributed by atoms with Crippen molar-refractivity contribution in [1.29, 1.82) is 0 Å². The number of anilines is 1. The van der Waals surface area contributed by atoms with Crippen LogP contribution in [0.15, 0.2) is 24.9 Å². The highest BCUT2D eigenvalue weighted by molar-refractivity contribution is 5.99. The molecule has 0 unspecified atom stereocenters. The summed E-state index contributed by atoms with van der Waals surface area (Å²) in [7, 11) is 1.35. The van der Waals surface area contributed by atoms with Crippen LogP contribution in [-0.2, 0) is 4.74 Å². The van der Waals surface area contributed by atoms with Crippen molar-refractivity contribution in [3.05, 3.63) is 30.6 Å². The van der Waals surface area contributed by atoms with Crippen LogP contribution in [0.4, 0.5) is 10.5 Å². The number of ether oxygens (including phenoxy) is 2. The van der Waals surface area contributed by atoms with Crippen molar-refractivity contribution in [1.82, 2.24) is 4.98 Å². The highest BCUT2D eigenvalue weighted by Crippen LogP contribution is 2.26. The first-order valence-corrected chi connectivity index (χ1v) is 4.91. The molecule has 0 aliphatic rings. The van der Waals surface area contributed by atoms with Gasteiger partial charge in [0.2, 0.25) is 0 Å². The summed E-state index contributed by atoms with van der Waals surface area (Å²) in [6.07, 6.45) is 1.84. The van der Waals surface area contributed by atoms with E-state index in [1.165, 1.54) is 25.4 Å². The number of rotatable bonds is 5. The van der Waals surface area contributed by atoms with Crippen molar-refractivity contribution in [3.63, 3.8) is 0 Å². The SMILES string of the molecule is C=CCOC(=O)Nc1c(OC)ccnc1C(=O)O. The van der Waals surface area contributed by atoms with Crippen molar-refractivity contribution in [3.8, 4) is 5.75 Å². The molecule has 0 saturated heterocycles. The van der Waals surface area contributed by atoms with Gasteiger partial charge in [-0.15, -0.1) is 0 Å². The van der Waals surface area contributed by atoms with Gasteiger partial charge in [-0.1, -0.05) is 12.7 Å². The minimum atomic E-state index is -1.28. The normalized spacial score (nSPS) is 9.39. The standard InChI is InChI=1S/C11H12N2O5/c1-3-6-18-11(16)13-8-7(17-2)4-5-12-9(8)10(14)15/h3-5H,1,6H2,2H3,(H,13,16)(H,14,15). The Kier molecular flexibility index (Phi) is 4.67. The highest BCUT2D eigenvalue weighted by atomic mass is 16.5. The summed E-state index contributed by atoms with van der Waals surface area (Å²) in [6.45, 7) is 3.39. The molecule has 0 bridgehead atoms. The lowest BCUT2D eigenvalue weighted by atomic mass is 10.2. The second-order valence-electron chi connectivity index (χ2n) is 3.05. The number of pyridine rings is 1. The molecule has 18 heavy (non-hydrogen) atoms. The molecule has 7 nitrogen and oxygen atoms in total. The molecule has 1 aromatic heterocycles. The number of aromatic nitrogens is 1. The fraction of sp³-hybridized carbons (Fsp3) is 0.182. The summed E-state index contributed by atoms with van der Waals surface area (Å²) < 4.78 is 9.63. The van der Waals surface area contributed by atoms with Crippen LogP contribution in [0.5, 0.6) is 5.75 Å². The van der Waals surface area contributed by atoms with E-state index in [2.05, 4.69) is 21.6 Å². The second-order valence-corrected chi connectivity index (χ2v) is 3.05. The Bertz CT molecular complexity index is 473. The molecule has 0 radical (unpaired) electrons. The Hall–Kier alpha value is -2.57. The van der Waals surface area contributed by atoms with Gasteiger partial charge in [0, 0.05) is 12.3 Å². The quantitative estimate of drug-likeness (QED) is 0.771. The molecular formula is C11H12N2O5. The van der Waals surface area contributed by atoms with Gasteiger partial charge in [-0.05, 0) is 0 Å². The highest BCUT2D eigenvalue weighted by Gasteiger charge is 2.18. The lowest BCUT2D eigenvalue weighted by Crippen LogP contribution is -2.17. The Balaban J connectivity index is 3.01. The summed E-state index contributed by atoms with van der Waals surface area (Å²) >= 11 is 0. The van der Waals surface area contributed by atoms with Crippen molar-refractivity contribution in [2.45, 2.75) is 0 Å². The number of carbonyl (C=O) groups excluding carboxylic acids is 1. The number of methoxy groups -OCH3 is 1. The topological polar surface area (TPSA) is 97.8 Å². The number of amides is 1. The van der Waals surface area contributed by atoms with Crippen molar-refractivity contribution in [2.24, 2.45) is 0 Å². The van der Waals surface area contributed by atoms with Crippen LogP contribution in [0.25, 0.3) is 0 Å². The van der Waals surface area contributed by atoms with Gasteiger partial charge in [-0.2, -0.15) is 0 Å². The average molecular weight is 252 g/mol. The molecule has 0 fully saturated rings. The molecule has 0 aliphatic carbocycles. The van der Waals surface area contributed by atoms with Crippen LogP contribution in [0.2, 0.25) is 0 Å². The molecule has 7 heteroatoms. The summed E-state index contributed by atoms with van der Waals surface area (Å²) in [5, 5.41) is 11.2. The third-order valence-electron chi connectivity index (χ3n) is 1.89. The minimum absolute atomic E-state index is 0.0107. The number of carbonyl (C=O) groups is 2. The predicted molar refractivity (Wildman–Crippen MR) is 62.9 cm³/mol. The molecule has 2 N–H and O–H groups in total. The van der Waals surface area contributed by atoms with E-state index in [1.807, 2.05) is 0 Å². The van der Waals surface area contributed by atoms with Gasteiger partial charge in [0.15, 0.2) is 5.69 Å². The fourth-order valence-corrected chi connectivity index (χ4v) is 1.17. The number of nitrogens with zero attached hydrogens (tertiary/aromatic N) is 1. The maximum Gasteiger partial charge on any atom is 0.412 e. The van der Waals surface area contributed by atoms with Crippen LogP contribution < -0.4 is 10.1 Å². The van der Waals surface area contributed by atoms with E-state index >= 15 is 0 Å². The number of hydrogen-bond donors (Lipinski definition) is 2. The first kappa shape index (κ1) is 13.5. The summed E-state index contributed by atoms with van der Waals surface area (Å²) in [5.41, 5.74) is -0.383. The third-order valence-corrected chi connectivity index (χ3v) is 1.89. The summed E-state index contributed by atoms with van der Waals surface area (Å²) in [4.78, 5) is 26.0. The molecule has 0 saturated carbocycles. The van der Waals surface area contributed by atoms with Crippen LogP contribution in [0.3, 0.4) is 0 Å². The van der Waals surface area contributed by atoms with Gasteiger partial charge in [0.1, 0.15) is 18.0 Å². The number of aromatic carboxylic acids is 1. The van der Waals surface area contributed by atoms with Crippen LogP contribution in [0, 0.1) is 0 Å². The van der Waals surface area contributed by atoms with Gasteiger partial charge in [0.05, 0.1) is 7.11 Å². The zero-order valence-electron chi connectivity index (χ0n) is 9.67. The molecule has 0 aliphatic heterocycles. The maximum absolute atomic E-state index is 11.4. The number of nitrogens with one attached hydrogen (secondary N) is 1. The molecule has 1 amide bonds. The van der Waals surface area contributed by atoms with E-state index in [4.69, 9.17) is 9.84 Å². The van der Waals surface area contributed by atoms with E-state index in [-0.39, 0.29) is 23.7 Å². The van der Waals surface area contributed by atoms with E-state index in [9.17, 15) is 9.59 Å². The molecule has 1 aromatic rings. The van der Waals surface area contributed by atoms with Gasteiger partial charge >= 0.3 is 12.1 Å². The Morgan fingerprint density at radius 2 is 2.33 bits per heavy atom. The maximum atomic E-state index is 11.4. The Morgan fingerprint density at radius 3 is 2.89 bits per heavy atom. The summed E-state index contributed by atoms with van der Waals surface area (Å²) in [6, 6.07) is 1.43. The zero-order valence-corrected chi connectivity index (χ0v) is 9.67. The zero-order chi connectivity index (χ0) is 13.5. The van der Waals surface area contributed by atoms with E-state index in [0.29, 0.717) is 0 Å². The van der Waals surface area contributed by atoms with Gasteiger partial charge in [-0.3, -0.25) is 5.32 Å². The number of carboxylic acids is 1. The Labute approximate surface area is 103 Å². The minimum Gasteiger partial charge on any atom is -0.494 e. The molecule has 1 heterocycles. The molecule has 0 spiro atoms. The number of hydrogen-bond acceptors (Lipinski definition) is 5. The van der Waals surface area contributed by atoms with Crippen molar-refractivity contribution >= 4 is 17.7 Å².